The molecule has 4 rings (SSSR count). The van der Waals surface area contributed by atoms with E-state index in [9.17, 15) is 17.2 Å². The highest BCUT2D eigenvalue weighted by atomic mass is 35.5. The lowest BCUT2D eigenvalue weighted by Crippen LogP contribution is -2.23. The Hall–Kier alpha value is -2.43. The molecule has 1 aromatic heterocycles. The summed E-state index contributed by atoms with van der Waals surface area (Å²) in [6.45, 7) is 3.99. The summed E-state index contributed by atoms with van der Waals surface area (Å²) in [4.78, 5) is 4.30. The maximum atomic E-state index is 13.7. The lowest BCUT2D eigenvalue weighted by Gasteiger charge is -2.28. The van der Waals surface area contributed by atoms with Crippen LogP contribution < -0.4 is 5.14 Å². The Kier molecular flexibility index (Phi) is 7.50. The van der Waals surface area contributed by atoms with Gasteiger partial charge in [-0.3, -0.25) is 4.57 Å². The van der Waals surface area contributed by atoms with E-state index in [1.807, 2.05) is 24.5 Å². The molecule has 0 unspecified atom stereocenters. The minimum absolute atomic E-state index is 0.150. The number of halogens is 4. The van der Waals surface area contributed by atoms with E-state index in [1.165, 1.54) is 36.0 Å². The van der Waals surface area contributed by atoms with Crippen molar-refractivity contribution in [3.8, 4) is 5.69 Å². The Morgan fingerprint density at radius 3 is 2.28 bits per heavy atom. The van der Waals surface area contributed by atoms with Crippen molar-refractivity contribution >= 4 is 45.0 Å². The van der Waals surface area contributed by atoms with Crippen molar-refractivity contribution in [2.75, 3.05) is 0 Å². The number of hydrogen-bond donors (Lipinski definition) is 1. The van der Waals surface area contributed by atoms with E-state index in [-0.39, 0.29) is 16.5 Å². The lowest BCUT2D eigenvalue weighted by atomic mass is 9.81. The highest BCUT2D eigenvalue weighted by Gasteiger charge is 2.30. The topological polar surface area (TPSA) is 78.0 Å². The molecule has 0 saturated carbocycles. The van der Waals surface area contributed by atoms with Gasteiger partial charge in [0, 0.05) is 16.9 Å². The number of rotatable bonds is 7. The fraction of sp³-hybridized carbons (Fsp3) is 0.160. The number of imidazole rings is 1. The molecule has 0 saturated heterocycles. The van der Waals surface area contributed by atoms with Gasteiger partial charge in [-0.05, 0) is 59.7 Å². The fourth-order valence-corrected chi connectivity index (χ4v) is 5.97. The molecule has 0 bridgehead atoms. The van der Waals surface area contributed by atoms with E-state index < -0.39 is 21.3 Å². The molecule has 3 aromatic carbocycles. The second kappa shape index (κ2) is 10.1. The normalized spacial score (nSPS) is 12.2. The van der Waals surface area contributed by atoms with Crippen LogP contribution in [0.2, 0.25) is 10.0 Å². The van der Waals surface area contributed by atoms with Crippen molar-refractivity contribution in [3.05, 3.63) is 105 Å². The molecule has 4 aromatic rings. The Morgan fingerprint density at radius 2 is 1.64 bits per heavy atom. The first-order valence-electron chi connectivity index (χ1n) is 10.6. The zero-order valence-electron chi connectivity index (χ0n) is 19.2. The van der Waals surface area contributed by atoms with Gasteiger partial charge < -0.3 is 0 Å². The Balaban J connectivity index is 1.80. The van der Waals surface area contributed by atoms with E-state index in [0.717, 1.165) is 17.3 Å². The molecule has 0 amide bonds. The van der Waals surface area contributed by atoms with Gasteiger partial charge in [0.2, 0.25) is 10.0 Å². The van der Waals surface area contributed by atoms with Gasteiger partial charge in [-0.1, -0.05) is 60.9 Å². The Labute approximate surface area is 222 Å². The van der Waals surface area contributed by atoms with Crippen molar-refractivity contribution in [3.63, 3.8) is 0 Å². The fourth-order valence-electron chi connectivity index (χ4n) is 3.80. The van der Waals surface area contributed by atoms with Crippen LogP contribution in [0.4, 0.5) is 8.78 Å². The van der Waals surface area contributed by atoms with Gasteiger partial charge in [-0.2, -0.15) is 0 Å². The minimum atomic E-state index is -4.13. The van der Waals surface area contributed by atoms with Crippen LogP contribution in [0.15, 0.2) is 76.9 Å². The number of nitrogens with two attached hydrogens (primary N) is 1. The molecule has 5 nitrogen and oxygen atoms in total. The molecule has 0 atom stereocenters. The van der Waals surface area contributed by atoms with E-state index in [4.69, 9.17) is 28.3 Å². The lowest BCUT2D eigenvalue weighted by molar-refractivity contribution is 0.591. The summed E-state index contributed by atoms with van der Waals surface area (Å²) in [5, 5.41) is 6.67. The van der Waals surface area contributed by atoms with E-state index in [1.54, 1.807) is 30.5 Å². The number of hydrogen-bond acceptors (Lipinski definition) is 4. The van der Waals surface area contributed by atoms with Gasteiger partial charge in [0.05, 0.1) is 26.8 Å². The third-order valence-electron chi connectivity index (χ3n) is 5.79. The van der Waals surface area contributed by atoms with Crippen molar-refractivity contribution in [1.29, 1.82) is 0 Å². The second-order valence-corrected chi connectivity index (χ2v) is 11.9. The zero-order chi connectivity index (χ0) is 26.3. The van der Waals surface area contributed by atoms with Gasteiger partial charge in [-0.25, -0.2) is 27.3 Å². The van der Waals surface area contributed by atoms with Crippen molar-refractivity contribution in [2.24, 2.45) is 5.14 Å². The average Bonchev–Trinajstić information content (AvgIpc) is 3.24. The third-order valence-corrected chi connectivity index (χ3v) is 8.52. The molecule has 0 aliphatic carbocycles. The highest BCUT2D eigenvalue weighted by molar-refractivity contribution is 7.98. The highest BCUT2D eigenvalue weighted by Crippen LogP contribution is 2.38. The van der Waals surface area contributed by atoms with E-state index in [0.29, 0.717) is 26.5 Å². The molecular formula is C25H21Cl2F2N3O2S2. The Morgan fingerprint density at radius 1 is 0.972 bits per heavy atom. The van der Waals surface area contributed by atoms with E-state index in [2.05, 4.69) is 4.98 Å². The number of thioether (sulfide) groups is 1. The summed E-state index contributed by atoms with van der Waals surface area (Å²) in [6, 6.07) is 14.8. The van der Waals surface area contributed by atoms with Crippen LogP contribution in [0.5, 0.6) is 0 Å². The van der Waals surface area contributed by atoms with Crippen LogP contribution in [-0.2, 0) is 21.2 Å². The molecule has 2 N–H and O–H groups in total. The maximum absolute atomic E-state index is 13.7. The van der Waals surface area contributed by atoms with Gasteiger partial charge in [0.1, 0.15) is 11.6 Å². The summed E-state index contributed by atoms with van der Waals surface area (Å²) in [5.74, 6) is -0.939. The van der Waals surface area contributed by atoms with Crippen molar-refractivity contribution in [1.82, 2.24) is 9.55 Å². The molecule has 188 valence electrons. The molecule has 0 spiro atoms. The first kappa shape index (κ1) is 26.6. The zero-order valence-corrected chi connectivity index (χ0v) is 22.3. The van der Waals surface area contributed by atoms with Gasteiger partial charge >= 0.3 is 0 Å². The maximum Gasteiger partial charge on any atom is 0.238 e. The molecule has 36 heavy (non-hydrogen) atoms. The smallest absolute Gasteiger partial charge is 0.238 e. The average molecular weight is 568 g/mol. The summed E-state index contributed by atoms with van der Waals surface area (Å²) in [7, 11) is -4.13. The predicted octanol–water partition coefficient (Wildman–Crippen LogP) is 6.72. The quantitative estimate of drug-likeness (QED) is 0.251. The minimum Gasteiger partial charge on any atom is -0.291 e. The second-order valence-electron chi connectivity index (χ2n) is 8.58. The number of primary sulfonamides is 1. The summed E-state index contributed by atoms with van der Waals surface area (Å²) < 4.78 is 53.3. The van der Waals surface area contributed by atoms with Crippen LogP contribution in [0.1, 0.15) is 30.7 Å². The summed E-state index contributed by atoms with van der Waals surface area (Å²) >= 11 is 13.6. The molecule has 0 radical (unpaired) electrons. The SMILES string of the molecule is CC(C)(c1ccc(Cl)c(Cl)c1)c1cnc(SCc2ccc(F)cc2S(N)(=O)=O)n1-c1ccc(F)cc1. The molecular weight excluding hydrogens is 547 g/mol. The van der Waals surface area contributed by atoms with Crippen LogP contribution in [-0.4, -0.2) is 18.0 Å². The van der Waals surface area contributed by atoms with Gasteiger partial charge in [0.25, 0.3) is 0 Å². The van der Waals surface area contributed by atoms with E-state index >= 15 is 0 Å². The summed E-state index contributed by atoms with van der Waals surface area (Å²) in [6.07, 6.45) is 1.71. The van der Waals surface area contributed by atoms with Gasteiger partial charge in [-0.15, -0.1) is 0 Å². The number of aromatic nitrogens is 2. The van der Waals surface area contributed by atoms with Crippen LogP contribution >= 0.6 is 35.0 Å². The standard InChI is InChI=1S/C25H21Cl2F2N3O2S2/c1-25(2,16-4-10-20(26)21(27)11-16)23-13-31-24(32(23)19-8-6-17(28)7-9-19)35-14-15-3-5-18(29)12-22(15)36(30,33)34/h3-13H,14H2,1-2H3,(H2,30,33,34). The van der Waals surface area contributed by atoms with Crippen molar-refractivity contribution in [2.45, 2.75) is 35.1 Å². The number of sulfonamides is 1. The molecule has 0 aliphatic rings. The number of nitrogens with zero attached hydrogens (tertiary/aromatic N) is 2. The van der Waals surface area contributed by atoms with Crippen LogP contribution in [0.3, 0.4) is 0 Å². The molecule has 0 fully saturated rings. The van der Waals surface area contributed by atoms with Crippen molar-refractivity contribution < 1.29 is 17.2 Å². The summed E-state index contributed by atoms with van der Waals surface area (Å²) in [5.41, 5.74) is 2.05. The molecule has 11 heteroatoms. The molecule has 1 heterocycles. The first-order chi connectivity index (χ1) is 16.9. The van der Waals surface area contributed by atoms with Crippen LogP contribution in [0, 0.1) is 11.6 Å². The molecule has 0 aliphatic heterocycles. The third kappa shape index (κ3) is 5.45. The number of benzene rings is 3. The first-order valence-corrected chi connectivity index (χ1v) is 13.9. The largest absolute Gasteiger partial charge is 0.291 e. The van der Waals surface area contributed by atoms with Gasteiger partial charge in [0.15, 0.2) is 5.16 Å². The Bertz CT molecular complexity index is 1540. The van der Waals surface area contributed by atoms with Crippen LogP contribution in [0.25, 0.3) is 5.69 Å². The monoisotopic (exact) mass is 567 g/mol. The predicted molar refractivity (Wildman–Crippen MR) is 139 cm³/mol.